The predicted octanol–water partition coefficient (Wildman–Crippen LogP) is 4.08. The number of rotatable bonds is 9. The molecular weight excluding hydrogens is 264 g/mol. The van der Waals surface area contributed by atoms with Gasteiger partial charge in [0.2, 0.25) is 0 Å². The van der Waals surface area contributed by atoms with Crippen molar-refractivity contribution in [2.75, 3.05) is 6.54 Å². The van der Waals surface area contributed by atoms with Crippen LogP contribution in [0.5, 0.6) is 0 Å². The summed E-state index contributed by atoms with van der Waals surface area (Å²) in [6.45, 7) is 3.31. The van der Waals surface area contributed by atoms with Gasteiger partial charge in [0, 0.05) is 29.2 Å². The fraction of sp³-hybridized carbons (Fsp3) is 0.471. The van der Waals surface area contributed by atoms with Crippen molar-refractivity contribution >= 4 is 11.3 Å². The van der Waals surface area contributed by atoms with Gasteiger partial charge >= 0.3 is 0 Å². The Kier molecular flexibility index (Phi) is 6.75. The van der Waals surface area contributed by atoms with Crippen molar-refractivity contribution in [3.05, 3.63) is 52.5 Å². The lowest BCUT2D eigenvalue weighted by Crippen LogP contribution is -2.32. The van der Waals surface area contributed by atoms with Gasteiger partial charge in [0.15, 0.2) is 0 Å². The second-order valence-corrected chi connectivity index (χ2v) is 6.18. The van der Waals surface area contributed by atoms with Crippen LogP contribution in [-0.4, -0.2) is 17.6 Å². The molecule has 0 aliphatic carbocycles. The number of aromatic nitrogens is 1. The zero-order valence-electron chi connectivity index (χ0n) is 12.2. The van der Waals surface area contributed by atoms with Crippen LogP contribution in [0.15, 0.2) is 41.9 Å². The summed E-state index contributed by atoms with van der Waals surface area (Å²) in [5, 5.41) is 5.82. The summed E-state index contributed by atoms with van der Waals surface area (Å²) in [7, 11) is 0. The first kappa shape index (κ1) is 15.2. The van der Waals surface area contributed by atoms with E-state index in [1.54, 1.807) is 0 Å². The molecule has 2 aromatic heterocycles. The molecular formula is C17H24N2S. The maximum absolute atomic E-state index is 4.45. The first-order chi connectivity index (χ1) is 9.88. The molecule has 2 aromatic rings. The Labute approximate surface area is 126 Å². The van der Waals surface area contributed by atoms with E-state index in [-0.39, 0.29) is 0 Å². The SMILES string of the molecule is CCCNC(CCCc1cccs1)Cc1ccccn1. The van der Waals surface area contributed by atoms with E-state index in [1.165, 1.54) is 36.3 Å². The molecule has 2 rings (SSSR count). The Morgan fingerprint density at radius 2 is 2.20 bits per heavy atom. The van der Waals surface area contributed by atoms with E-state index in [0.29, 0.717) is 6.04 Å². The minimum absolute atomic E-state index is 0.546. The van der Waals surface area contributed by atoms with E-state index in [2.05, 4.69) is 46.9 Å². The second kappa shape index (κ2) is 8.88. The Balaban J connectivity index is 1.80. The molecule has 0 amide bonds. The molecule has 0 fully saturated rings. The van der Waals surface area contributed by atoms with Crippen molar-refractivity contribution in [2.45, 2.75) is 45.1 Å². The van der Waals surface area contributed by atoms with Crippen molar-refractivity contribution in [1.29, 1.82) is 0 Å². The molecule has 20 heavy (non-hydrogen) atoms. The third-order valence-electron chi connectivity index (χ3n) is 3.42. The fourth-order valence-electron chi connectivity index (χ4n) is 2.37. The van der Waals surface area contributed by atoms with E-state index in [4.69, 9.17) is 0 Å². The second-order valence-electron chi connectivity index (χ2n) is 5.15. The van der Waals surface area contributed by atoms with Crippen molar-refractivity contribution in [2.24, 2.45) is 0 Å². The molecule has 0 saturated heterocycles. The van der Waals surface area contributed by atoms with Gasteiger partial charge in [0.05, 0.1) is 0 Å². The molecule has 3 heteroatoms. The number of hydrogen-bond donors (Lipinski definition) is 1. The molecule has 2 heterocycles. The highest BCUT2D eigenvalue weighted by Crippen LogP contribution is 2.14. The Morgan fingerprint density at radius 3 is 2.90 bits per heavy atom. The number of aryl methyl sites for hydroxylation is 1. The van der Waals surface area contributed by atoms with Gasteiger partial charge in [-0.3, -0.25) is 4.98 Å². The van der Waals surface area contributed by atoms with Gasteiger partial charge in [0.1, 0.15) is 0 Å². The summed E-state index contributed by atoms with van der Waals surface area (Å²) in [6, 6.07) is 11.1. The molecule has 0 saturated carbocycles. The maximum Gasteiger partial charge on any atom is 0.0419 e. The van der Waals surface area contributed by atoms with Crippen molar-refractivity contribution < 1.29 is 0 Å². The molecule has 0 aliphatic heterocycles. The zero-order valence-corrected chi connectivity index (χ0v) is 13.0. The predicted molar refractivity (Wildman–Crippen MR) is 87.3 cm³/mol. The number of nitrogens with one attached hydrogen (secondary N) is 1. The van der Waals surface area contributed by atoms with Crippen molar-refractivity contribution in [3.63, 3.8) is 0 Å². The summed E-state index contributed by atoms with van der Waals surface area (Å²) < 4.78 is 0. The van der Waals surface area contributed by atoms with Gasteiger partial charge in [-0.25, -0.2) is 0 Å². The monoisotopic (exact) mass is 288 g/mol. The number of hydrogen-bond acceptors (Lipinski definition) is 3. The lowest BCUT2D eigenvalue weighted by atomic mass is 10.0. The molecule has 0 spiro atoms. The third kappa shape index (κ3) is 5.43. The van der Waals surface area contributed by atoms with Crippen LogP contribution in [0.4, 0.5) is 0 Å². The largest absolute Gasteiger partial charge is 0.314 e. The van der Waals surface area contributed by atoms with Gasteiger partial charge in [-0.15, -0.1) is 11.3 Å². The summed E-state index contributed by atoms with van der Waals surface area (Å²) in [4.78, 5) is 5.94. The standard InChI is InChI=1S/C17H24N2S/c1-2-11-18-16(14-15-7-3-4-12-19-15)8-5-9-17-10-6-13-20-17/h3-4,6-7,10,12-13,16,18H,2,5,8-9,11,14H2,1H3. The van der Waals surface area contributed by atoms with Crippen molar-refractivity contribution in [1.82, 2.24) is 10.3 Å². The minimum Gasteiger partial charge on any atom is -0.314 e. The molecule has 0 radical (unpaired) electrons. The van der Waals surface area contributed by atoms with Gasteiger partial charge in [-0.05, 0) is 55.8 Å². The highest BCUT2D eigenvalue weighted by molar-refractivity contribution is 7.09. The summed E-state index contributed by atoms with van der Waals surface area (Å²) in [6.07, 6.45) is 7.76. The Hall–Kier alpha value is -1.19. The van der Waals surface area contributed by atoms with Crippen LogP contribution in [0, 0.1) is 0 Å². The summed E-state index contributed by atoms with van der Waals surface area (Å²) in [5.41, 5.74) is 1.19. The third-order valence-corrected chi connectivity index (χ3v) is 4.36. The number of nitrogens with zero attached hydrogens (tertiary/aromatic N) is 1. The first-order valence-corrected chi connectivity index (χ1v) is 8.42. The average molecular weight is 288 g/mol. The van der Waals surface area contributed by atoms with Gasteiger partial charge in [-0.1, -0.05) is 19.1 Å². The lowest BCUT2D eigenvalue weighted by molar-refractivity contribution is 0.461. The Morgan fingerprint density at radius 1 is 1.25 bits per heavy atom. The molecule has 0 aliphatic rings. The molecule has 0 aromatic carbocycles. The molecule has 1 unspecified atom stereocenters. The topological polar surface area (TPSA) is 24.9 Å². The maximum atomic E-state index is 4.45. The molecule has 108 valence electrons. The van der Waals surface area contributed by atoms with Crippen LogP contribution in [0.2, 0.25) is 0 Å². The average Bonchev–Trinajstić information content (AvgIpc) is 2.99. The van der Waals surface area contributed by atoms with E-state index in [0.717, 1.165) is 13.0 Å². The normalized spacial score (nSPS) is 12.4. The highest BCUT2D eigenvalue weighted by Gasteiger charge is 2.09. The molecule has 0 bridgehead atoms. The van der Waals surface area contributed by atoms with Crippen LogP contribution >= 0.6 is 11.3 Å². The minimum atomic E-state index is 0.546. The Bertz CT molecular complexity index is 453. The lowest BCUT2D eigenvalue weighted by Gasteiger charge is -2.18. The first-order valence-electron chi connectivity index (χ1n) is 7.54. The quantitative estimate of drug-likeness (QED) is 0.752. The number of pyridine rings is 1. The zero-order chi connectivity index (χ0) is 14.0. The van der Waals surface area contributed by atoms with Crippen LogP contribution in [0.3, 0.4) is 0 Å². The fourth-order valence-corrected chi connectivity index (χ4v) is 3.12. The molecule has 1 atom stereocenters. The van der Waals surface area contributed by atoms with Crippen LogP contribution < -0.4 is 5.32 Å². The highest BCUT2D eigenvalue weighted by atomic mass is 32.1. The number of thiophene rings is 1. The van der Waals surface area contributed by atoms with Gasteiger partial charge in [-0.2, -0.15) is 0 Å². The van der Waals surface area contributed by atoms with E-state index in [9.17, 15) is 0 Å². The van der Waals surface area contributed by atoms with Crippen LogP contribution in [0.1, 0.15) is 36.8 Å². The van der Waals surface area contributed by atoms with Gasteiger partial charge < -0.3 is 5.32 Å². The van der Waals surface area contributed by atoms with Gasteiger partial charge in [0.25, 0.3) is 0 Å². The smallest absolute Gasteiger partial charge is 0.0419 e. The van der Waals surface area contributed by atoms with E-state index >= 15 is 0 Å². The molecule has 2 nitrogen and oxygen atoms in total. The van der Waals surface area contributed by atoms with Crippen LogP contribution in [-0.2, 0) is 12.8 Å². The summed E-state index contributed by atoms with van der Waals surface area (Å²) >= 11 is 1.86. The van der Waals surface area contributed by atoms with Crippen LogP contribution in [0.25, 0.3) is 0 Å². The van der Waals surface area contributed by atoms with E-state index in [1.807, 2.05) is 23.6 Å². The van der Waals surface area contributed by atoms with E-state index < -0.39 is 0 Å². The summed E-state index contributed by atoms with van der Waals surface area (Å²) in [5.74, 6) is 0. The van der Waals surface area contributed by atoms with Crippen molar-refractivity contribution in [3.8, 4) is 0 Å². The molecule has 1 N–H and O–H groups in total.